The molecule has 0 spiro atoms. The van der Waals surface area contributed by atoms with Gasteiger partial charge in [-0.1, -0.05) is 6.92 Å². The molecule has 1 saturated heterocycles. The van der Waals surface area contributed by atoms with E-state index in [1.165, 1.54) is 0 Å². The average molecular weight is 241 g/mol. The Hall–Kier alpha value is -1.01. The predicted molar refractivity (Wildman–Crippen MR) is 62.0 cm³/mol. The van der Waals surface area contributed by atoms with Gasteiger partial charge in [-0.2, -0.15) is 0 Å². The lowest BCUT2D eigenvalue weighted by Crippen LogP contribution is -2.41. The summed E-state index contributed by atoms with van der Waals surface area (Å²) in [5.74, 6) is 3.10. The molecule has 2 rings (SSSR count). The third-order valence-corrected chi connectivity index (χ3v) is 3.34. The van der Waals surface area contributed by atoms with E-state index >= 15 is 0 Å². The first-order valence-corrected chi connectivity index (χ1v) is 6.47. The van der Waals surface area contributed by atoms with Crippen LogP contribution in [0.5, 0.6) is 0 Å². The predicted octanol–water partition coefficient (Wildman–Crippen LogP) is 0.516. The number of hydrogen-bond donors (Lipinski definition) is 2. The Morgan fingerprint density at radius 2 is 2.69 bits per heavy atom. The van der Waals surface area contributed by atoms with Gasteiger partial charge in [0.1, 0.15) is 5.76 Å². The molecule has 2 N–H and O–H groups in total. The zero-order valence-corrected chi connectivity index (χ0v) is 9.97. The van der Waals surface area contributed by atoms with Gasteiger partial charge in [0.05, 0.1) is 18.8 Å². The number of nitrogens with zero attached hydrogens (tertiary/aromatic N) is 1. The van der Waals surface area contributed by atoms with Gasteiger partial charge in [0.2, 0.25) is 11.8 Å². The minimum atomic E-state index is -0.0781. The molecule has 16 heavy (non-hydrogen) atoms. The molecule has 2 heterocycles. The first kappa shape index (κ1) is 11.5. The number of carbonyl (C=O) groups is 1. The van der Waals surface area contributed by atoms with Crippen LogP contribution in [0.4, 0.5) is 0 Å². The number of hydrogen-bond acceptors (Lipinski definition) is 5. The van der Waals surface area contributed by atoms with Gasteiger partial charge in [-0.25, -0.2) is 4.98 Å². The Kier molecular flexibility index (Phi) is 3.84. The summed E-state index contributed by atoms with van der Waals surface area (Å²) in [6.45, 7) is 2.37. The fourth-order valence-electron chi connectivity index (χ4n) is 1.44. The van der Waals surface area contributed by atoms with Crippen molar-refractivity contribution >= 4 is 17.7 Å². The Bertz CT molecular complexity index is 361. The number of nitrogens with one attached hydrogen (secondary N) is 2. The van der Waals surface area contributed by atoms with Crippen LogP contribution in [0.3, 0.4) is 0 Å². The first-order valence-electron chi connectivity index (χ1n) is 5.32. The van der Waals surface area contributed by atoms with Gasteiger partial charge < -0.3 is 9.73 Å². The van der Waals surface area contributed by atoms with Crippen LogP contribution in [-0.4, -0.2) is 28.6 Å². The normalized spacial score (nSPS) is 19.9. The van der Waals surface area contributed by atoms with Crippen LogP contribution < -0.4 is 10.6 Å². The molecule has 1 aliphatic rings. The van der Waals surface area contributed by atoms with E-state index in [9.17, 15) is 4.79 Å². The summed E-state index contributed by atoms with van der Waals surface area (Å²) in [6, 6.07) is -0.0781. The second-order valence-electron chi connectivity index (χ2n) is 3.56. The summed E-state index contributed by atoms with van der Waals surface area (Å²) in [4.78, 5) is 15.7. The van der Waals surface area contributed by atoms with E-state index in [1.807, 2.05) is 6.92 Å². The van der Waals surface area contributed by atoms with Gasteiger partial charge in [0, 0.05) is 18.1 Å². The van der Waals surface area contributed by atoms with E-state index in [2.05, 4.69) is 15.6 Å². The summed E-state index contributed by atoms with van der Waals surface area (Å²) >= 11 is 1.73. The monoisotopic (exact) mass is 241 g/mol. The minimum absolute atomic E-state index is 0.0150. The highest BCUT2D eigenvalue weighted by Gasteiger charge is 2.22. The molecule has 1 aliphatic heterocycles. The molecular formula is C10H15N3O2S. The summed E-state index contributed by atoms with van der Waals surface area (Å²) in [5, 5.41) is 5.92. The lowest BCUT2D eigenvalue weighted by atomic mass is 10.3. The molecule has 1 unspecified atom stereocenters. The summed E-state index contributed by atoms with van der Waals surface area (Å²) < 4.78 is 5.39. The van der Waals surface area contributed by atoms with E-state index in [4.69, 9.17) is 4.42 Å². The van der Waals surface area contributed by atoms with Gasteiger partial charge >= 0.3 is 0 Å². The molecule has 0 bridgehead atoms. The maximum Gasteiger partial charge on any atom is 0.238 e. The highest BCUT2D eigenvalue weighted by atomic mass is 32.2. The molecule has 1 aromatic rings. The number of thioether (sulfide) groups is 1. The number of amides is 1. The van der Waals surface area contributed by atoms with Crippen LogP contribution in [0, 0.1) is 0 Å². The summed E-state index contributed by atoms with van der Waals surface area (Å²) in [5.41, 5.74) is 0. The SMILES string of the molecule is CCc1cnc(CNC(=O)C2CSCN2)o1. The highest BCUT2D eigenvalue weighted by molar-refractivity contribution is 7.99. The lowest BCUT2D eigenvalue weighted by Gasteiger charge is -2.08. The summed E-state index contributed by atoms with van der Waals surface area (Å²) in [6.07, 6.45) is 2.52. The molecular weight excluding hydrogens is 226 g/mol. The molecule has 1 amide bonds. The van der Waals surface area contributed by atoms with E-state index in [-0.39, 0.29) is 11.9 Å². The number of carbonyl (C=O) groups excluding carboxylic acids is 1. The van der Waals surface area contributed by atoms with Crippen LogP contribution in [0.2, 0.25) is 0 Å². The Morgan fingerprint density at radius 1 is 1.81 bits per heavy atom. The number of oxazole rings is 1. The highest BCUT2D eigenvalue weighted by Crippen LogP contribution is 2.09. The fraction of sp³-hybridized carbons (Fsp3) is 0.600. The Morgan fingerprint density at radius 3 is 3.31 bits per heavy atom. The maximum absolute atomic E-state index is 11.6. The van der Waals surface area contributed by atoms with Gasteiger partial charge in [-0.3, -0.25) is 10.1 Å². The molecule has 88 valence electrons. The van der Waals surface area contributed by atoms with Crippen LogP contribution in [0.15, 0.2) is 10.6 Å². The van der Waals surface area contributed by atoms with E-state index in [0.717, 1.165) is 23.8 Å². The van der Waals surface area contributed by atoms with E-state index in [0.29, 0.717) is 12.4 Å². The molecule has 0 radical (unpaired) electrons. The van der Waals surface area contributed by atoms with E-state index < -0.39 is 0 Å². The molecule has 0 saturated carbocycles. The third kappa shape index (κ3) is 2.76. The zero-order valence-electron chi connectivity index (χ0n) is 9.16. The quantitative estimate of drug-likeness (QED) is 0.804. The standard InChI is InChI=1S/C10H15N3O2S/c1-2-7-3-11-9(15-7)4-12-10(14)8-5-16-6-13-8/h3,8,13H,2,4-6H2,1H3,(H,12,14). The smallest absolute Gasteiger partial charge is 0.238 e. The third-order valence-electron chi connectivity index (χ3n) is 2.40. The molecule has 5 nitrogen and oxygen atoms in total. The van der Waals surface area contributed by atoms with Gasteiger partial charge in [-0.15, -0.1) is 11.8 Å². The second kappa shape index (κ2) is 5.36. The lowest BCUT2D eigenvalue weighted by molar-refractivity contribution is -0.122. The van der Waals surface area contributed by atoms with Crippen LogP contribution in [-0.2, 0) is 17.8 Å². The van der Waals surface area contributed by atoms with Crippen molar-refractivity contribution in [3.8, 4) is 0 Å². The first-order chi connectivity index (χ1) is 7.79. The average Bonchev–Trinajstić information content (AvgIpc) is 2.96. The molecule has 6 heteroatoms. The largest absolute Gasteiger partial charge is 0.444 e. The molecule has 0 aromatic carbocycles. The molecule has 1 fully saturated rings. The Labute approximate surface area is 98.4 Å². The van der Waals surface area contributed by atoms with Crippen molar-refractivity contribution in [1.29, 1.82) is 0 Å². The fourth-order valence-corrected chi connectivity index (χ4v) is 2.38. The van der Waals surface area contributed by atoms with Crippen LogP contribution in [0.1, 0.15) is 18.6 Å². The van der Waals surface area contributed by atoms with Crippen LogP contribution in [0.25, 0.3) is 0 Å². The van der Waals surface area contributed by atoms with Gasteiger partial charge in [0.25, 0.3) is 0 Å². The molecule has 0 aliphatic carbocycles. The maximum atomic E-state index is 11.6. The van der Waals surface area contributed by atoms with Crippen molar-refractivity contribution in [2.24, 2.45) is 0 Å². The van der Waals surface area contributed by atoms with Crippen molar-refractivity contribution in [2.75, 3.05) is 11.6 Å². The molecule has 1 atom stereocenters. The van der Waals surface area contributed by atoms with Crippen molar-refractivity contribution < 1.29 is 9.21 Å². The number of aromatic nitrogens is 1. The van der Waals surface area contributed by atoms with Crippen molar-refractivity contribution in [3.63, 3.8) is 0 Å². The van der Waals surface area contributed by atoms with Crippen LogP contribution >= 0.6 is 11.8 Å². The number of aryl methyl sites for hydroxylation is 1. The van der Waals surface area contributed by atoms with E-state index in [1.54, 1.807) is 18.0 Å². The van der Waals surface area contributed by atoms with Gasteiger partial charge in [0.15, 0.2) is 0 Å². The second-order valence-corrected chi connectivity index (χ2v) is 4.59. The topological polar surface area (TPSA) is 67.2 Å². The summed E-state index contributed by atoms with van der Waals surface area (Å²) in [7, 11) is 0. The Balaban J connectivity index is 1.80. The molecule has 1 aromatic heterocycles. The minimum Gasteiger partial charge on any atom is -0.444 e. The van der Waals surface area contributed by atoms with Gasteiger partial charge in [-0.05, 0) is 0 Å². The van der Waals surface area contributed by atoms with Crippen molar-refractivity contribution in [3.05, 3.63) is 17.8 Å². The van der Waals surface area contributed by atoms with Crippen molar-refractivity contribution in [2.45, 2.75) is 25.9 Å². The van der Waals surface area contributed by atoms with Crippen molar-refractivity contribution in [1.82, 2.24) is 15.6 Å². The zero-order chi connectivity index (χ0) is 11.4. The number of rotatable bonds is 4.